The number of amides is 1. The maximum atomic E-state index is 12.4. The fourth-order valence-electron chi connectivity index (χ4n) is 2.64. The lowest BCUT2D eigenvalue weighted by Crippen LogP contribution is -2.37. The van der Waals surface area contributed by atoms with Crippen LogP contribution in [0.2, 0.25) is 0 Å². The van der Waals surface area contributed by atoms with Gasteiger partial charge in [0.15, 0.2) is 0 Å². The average Bonchev–Trinajstić information content (AvgIpc) is 2.46. The Balaban J connectivity index is 1.72. The zero-order valence-corrected chi connectivity index (χ0v) is 12.0. The number of hydrogen-bond donors (Lipinski definition) is 1. The molecule has 0 unspecified atom stereocenters. The van der Waals surface area contributed by atoms with Gasteiger partial charge in [0.2, 0.25) is 11.9 Å². The van der Waals surface area contributed by atoms with Gasteiger partial charge in [0, 0.05) is 12.7 Å². The first-order chi connectivity index (χ1) is 10.1. The molecular formula is C16H18N4O. The van der Waals surface area contributed by atoms with E-state index >= 15 is 0 Å². The van der Waals surface area contributed by atoms with E-state index in [0.29, 0.717) is 19.5 Å². The van der Waals surface area contributed by atoms with Crippen LogP contribution in [0.1, 0.15) is 22.4 Å². The number of carbonyl (C=O) groups excluding carboxylic acids is 1. The van der Waals surface area contributed by atoms with Gasteiger partial charge in [-0.25, -0.2) is 9.97 Å². The number of nitrogen functional groups attached to an aromatic ring is 1. The highest BCUT2D eigenvalue weighted by atomic mass is 16.2. The van der Waals surface area contributed by atoms with Gasteiger partial charge in [-0.3, -0.25) is 4.79 Å². The monoisotopic (exact) mass is 282 g/mol. The van der Waals surface area contributed by atoms with Crippen molar-refractivity contribution in [2.24, 2.45) is 0 Å². The molecule has 0 radical (unpaired) electrons. The molecule has 108 valence electrons. The molecule has 0 saturated carbocycles. The van der Waals surface area contributed by atoms with Crippen molar-refractivity contribution in [3.8, 4) is 0 Å². The highest BCUT2D eigenvalue weighted by Gasteiger charge is 2.22. The first-order valence-electron chi connectivity index (χ1n) is 7.05. The molecular weight excluding hydrogens is 264 g/mol. The first kappa shape index (κ1) is 13.5. The van der Waals surface area contributed by atoms with Crippen molar-refractivity contribution in [1.82, 2.24) is 14.9 Å². The number of fused-ring (bicyclic) bond motifs is 1. The zero-order valence-electron chi connectivity index (χ0n) is 12.0. The van der Waals surface area contributed by atoms with Gasteiger partial charge in [-0.2, -0.15) is 0 Å². The highest BCUT2D eigenvalue weighted by molar-refractivity contribution is 5.79. The van der Waals surface area contributed by atoms with Gasteiger partial charge >= 0.3 is 0 Å². The number of nitrogens with zero attached hydrogens (tertiary/aromatic N) is 3. The third-order valence-corrected chi connectivity index (χ3v) is 3.76. The number of benzene rings is 1. The molecule has 0 saturated heterocycles. The van der Waals surface area contributed by atoms with Crippen molar-refractivity contribution in [3.05, 3.63) is 52.8 Å². The fourth-order valence-corrected chi connectivity index (χ4v) is 2.64. The van der Waals surface area contributed by atoms with Gasteiger partial charge in [0.25, 0.3) is 0 Å². The van der Waals surface area contributed by atoms with Crippen molar-refractivity contribution < 1.29 is 4.79 Å². The zero-order chi connectivity index (χ0) is 14.8. The molecule has 21 heavy (non-hydrogen) atoms. The Morgan fingerprint density at radius 1 is 1.43 bits per heavy atom. The van der Waals surface area contributed by atoms with E-state index in [2.05, 4.69) is 16.0 Å². The summed E-state index contributed by atoms with van der Waals surface area (Å²) < 4.78 is 0. The Bertz CT molecular complexity index is 684. The lowest BCUT2D eigenvalue weighted by atomic mass is 10.0. The Kier molecular flexibility index (Phi) is 3.56. The van der Waals surface area contributed by atoms with Gasteiger partial charge in [-0.05, 0) is 24.5 Å². The summed E-state index contributed by atoms with van der Waals surface area (Å²) in [6, 6.07) is 8.06. The Morgan fingerprint density at radius 3 is 3.10 bits per heavy atom. The van der Waals surface area contributed by atoms with Crippen molar-refractivity contribution in [3.63, 3.8) is 0 Å². The van der Waals surface area contributed by atoms with E-state index in [1.807, 2.05) is 30.0 Å². The van der Waals surface area contributed by atoms with Crippen LogP contribution in [0, 0.1) is 6.92 Å². The van der Waals surface area contributed by atoms with Crippen molar-refractivity contribution in [2.45, 2.75) is 26.3 Å². The Hall–Kier alpha value is -2.43. The molecule has 0 aliphatic carbocycles. The summed E-state index contributed by atoms with van der Waals surface area (Å²) in [6.45, 7) is 3.27. The molecule has 0 atom stereocenters. The largest absolute Gasteiger partial charge is 0.368 e. The van der Waals surface area contributed by atoms with Crippen LogP contribution in [-0.4, -0.2) is 27.3 Å². The Morgan fingerprint density at radius 2 is 2.29 bits per heavy atom. The predicted molar refractivity (Wildman–Crippen MR) is 80.4 cm³/mol. The fraction of sp³-hybridized carbons (Fsp3) is 0.312. The molecule has 1 aliphatic heterocycles. The maximum Gasteiger partial charge on any atom is 0.227 e. The van der Waals surface area contributed by atoms with Crippen molar-refractivity contribution in [2.75, 3.05) is 12.3 Å². The van der Waals surface area contributed by atoms with Crippen LogP contribution >= 0.6 is 0 Å². The maximum absolute atomic E-state index is 12.4. The van der Waals surface area contributed by atoms with Gasteiger partial charge in [-0.1, -0.05) is 29.8 Å². The topological polar surface area (TPSA) is 72.1 Å². The molecule has 1 amide bonds. The van der Waals surface area contributed by atoms with Gasteiger partial charge < -0.3 is 10.6 Å². The summed E-state index contributed by atoms with van der Waals surface area (Å²) in [5.74, 6) is 0.394. The summed E-state index contributed by atoms with van der Waals surface area (Å²) >= 11 is 0. The van der Waals surface area contributed by atoms with Crippen molar-refractivity contribution >= 4 is 11.9 Å². The van der Waals surface area contributed by atoms with Crippen LogP contribution in [0.4, 0.5) is 5.95 Å². The van der Waals surface area contributed by atoms with Crippen LogP contribution in [0.25, 0.3) is 0 Å². The number of aromatic nitrogens is 2. The molecule has 1 aliphatic rings. The molecule has 1 aromatic heterocycles. The van der Waals surface area contributed by atoms with E-state index in [1.54, 1.807) is 6.20 Å². The highest BCUT2D eigenvalue weighted by Crippen LogP contribution is 2.18. The summed E-state index contributed by atoms with van der Waals surface area (Å²) in [4.78, 5) is 22.5. The average molecular weight is 282 g/mol. The quantitative estimate of drug-likeness (QED) is 0.906. The van der Waals surface area contributed by atoms with E-state index < -0.39 is 0 Å². The van der Waals surface area contributed by atoms with E-state index in [-0.39, 0.29) is 11.9 Å². The summed E-state index contributed by atoms with van der Waals surface area (Å²) in [6.07, 6.45) is 2.98. The Labute approximate surface area is 123 Å². The smallest absolute Gasteiger partial charge is 0.227 e. The van der Waals surface area contributed by atoms with E-state index in [9.17, 15) is 4.79 Å². The minimum Gasteiger partial charge on any atom is -0.368 e. The number of hydrogen-bond acceptors (Lipinski definition) is 4. The van der Waals surface area contributed by atoms with E-state index in [1.165, 1.54) is 5.56 Å². The molecule has 2 heterocycles. The molecule has 5 heteroatoms. The van der Waals surface area contributed by atoms with Crippen LogP contribution in [0.15, 0.2) is 30.5 Å². The molecule has 2 N–H and O–H groups in total. The lowest BCUT2D eigenvalue weighted by molar-refractivity contribution is -0.131. The molecule has 1 aromatic carbocycles. The third kappa shape index (κ3) is 3.02. The molecule has 3 rings (SSSR count). The second kappa shape index (κ2) is 5.52. The SMILES string of the molecule is Cc1cccc(CC(=O)N2CCc3cnc(N)nc3C2)c1. The number of anilines is 1. The number of nitrogens with two attached hydrogens (primary N) is 1. The third-order valence-electron chi connectivity index (χ3n) is 3.76. The minimum atomic E-state index is 0.128. The normalized spacial score (nSPS) is 13.9. The molecule has 5 nitrogen and oxygen atoms in total. The van der Waals surface area contributed by atoms with Crippen LogP contribution in [-0.2, 0) is 24.2 Å². The summed E-state index contributed by atoms with van der Waals surface area (Å²) in [5, 5.41) is 0. The molecule has 0 bridgehead atoms. The summed E-state index contributed by atoms with van der Waals surface area (Å²) in [5.41, 5.74) is 9.79. The van der Waals surface area contributed by atoms with Gasteiger partial charge in [-0.15, -0.1) is 0 Å². The standard InChI is InChI=1S/C16H18N4O/c1-11-3-2-4-12(7-11)8-15(21)20-6-5-13-9-18-16(17)19-14(13)10-20/h2-4,7,9H,5-6,8,10H2,1H3,(H2,17,18,19). The lowest BCUT2D eigenvalue weighted by Gasteiger charge is -2.28. The number of carbonyl (C=O) groups is 1. The van der Waals surface area contributed by atoms with Crippen LogP contribution in [0.5, 0.6) is 0 Å². The first-order valence-corrected chi connectivity index (χ1v) is 7.05. The molecule has 0 spiro atoms. The molecule has 0 fully saturated rings. The van der Waals surface area contributed by atoms with Crippen LogP contribution < -0.4 is 5.73 Å². The van der Waals surface area contributed by atoms with Crippen LogP contribution in [0.3, 0.4) is 0 Å². The van der Waals surface area contributed by atoms with E-state index in [4.69, 9.17) is 5.73 Å². The second-order valence-corrected chi connectivity index (χ2v) is 5.43. The van der Waals surface area contributed by atoms with E-state index in [0.717, 1.165) is 23.2 Å². The van der Waals surface area contributed by atoms with Gasteiger partial charge in [0.05, 0.1) is 18.7 Å². The minimum absolute atomic E-state index is 0.128. The summed E-state index contributed by atoms with van der Waals surface area (Å²) in [7, 11) is 0. The predicted octanol–water partition coefficient (Wildman–Crippen LogP) is 1.49. The molecule has 2 aromatic rings. The van der Waals surface area contributed by atoms with Crippen molar-refractivity contribution in [1.29, 1.82) is 0 Å². The second-order valence-electron chi connectivity index (χ2n) is 5.43. The van der Waals surface area contributed by atoms with Gasteiger partial charge in [0.1, 0.15) is 0 Å². The number of rotatable bonds is 2. The number of aryl methyl sites for hydroxylation is 1.